The Bertz CT molecular complexity index is 992. The van der Waals surface area contributed by atoms with Gasteiger partial charge in [0.1, 0.15) is 5.75 Å². The lowest BCUT2D eigenvalue weighted by molar-refractivity contribution is -0.113. The fraction of sp³-hybridized carbons (Fsp3) is 0.440. The molecule has 160 valence electrons. The largest absolute Gasteiger partial charge is 0.491 e. The van der Waals surface area contributed by atoms with Gasteiger partial charge in [-0.15, -0.1) is 0 Å². The van der Waals surface area contributed by atoms with E-state index in [1.54, 1.807) is 0 Å². The number of ether oxygens (including phenoxy) is 2. The van der Waals surface area contributed by atoms with Gasteiger partial charge in [-0.05, 0) is 44.0 Å². The number of benzene rings is 2. The van der Waals surface area contributed by atoms with E-state index in [2.05, 4.69) is 48.0 Å². The molecule has 1 aliphatic heterocycles. The zero-order valence-corrected chi connectivity index (χ0v) is 17.9. The molecule has 0 saturated carbocycles. The highest BCUT2D eigenvalue weighted by Gasteiger charge is 2.31. The average Bonchev–Trinajstić information content (AvgIpc) is 3.08. The fourth-order valence-electron chi connectivity index (χ4n) is 4.41. The van der Waals surface area contributed by atoms with Crippen LogP contribution in [-0.2, 0) is 11.3 Å². The van der Waals surface area contributed by atoms with Crippen LogP contribution in [0.4, 0.5) is 0 Å². The average molecular weight is 410 g/mol. The second-order valence-corrected chi connectivity index (χ2v) is 8.55. The molecule has 0 spiro atoms. The maximum Gasteiger partial charge on any atom is 0.119 e. The molecule has 0 aliphatic carbocycles. The van der Waals surface area contributed by atoms with E-state index in [0.717, 1.165) is 23.2 Å². The van der Waals surface area contributed by atoms with Crippen LogP contribution in [0.2, 0.25) is 0 Å². The minimum atomic E-state index is -0.461. The third-order valence-corrected chi connectivity index (χ3v) is 5.71. The van der Waals surface area contributed by atoms with Crippen molar-refractivity contribution in [3.8, 4) is 5.75 Å². The number of aromatic nitrogens is 1. The number of aliphatic hydroxyl groups is 2. The molecule has 3 atom stereocenters. The predicted molar refractivity (Wildman–Crippen MR) is 118 cm³/mol. The van der Waals surface area contributed by atoms with Crippen molar-refractivity contribution in [2.45, 2.75) is 64.6 Å². The van der Waals surface area contributed by atoms with Crippen LogP contribution in [0.5, 0.6) is 5.75 Å². The van der Waals surface area contributed by atoms with Crippen molar-refractivity contribution in [2.24, 2.45) is 0 Å². The van der Waals surface area contributed by atoms with Gasteiger partial charge in [0.25, 0.3) is 0 Å². The minimum absolute atomic E-state index is 0.0734. The van der Waals surface area contributed by atoms with E-state index in [0.29, 0.717) is 12.8 Å². The van der Waals surface area contributed by atoms with Crippen molar-refractivity contribution >= 4 is 10.9 Å². The quantitative estimate of drug-likeness (QED) is 0.635. The molecule has 0 amide bonds. The van der Waals surface area contributed by atoms with E-state index >= 15 is 0 Å². The van der Waals surface area contributed by atoms with Crippen LogP contribution in [0.3, 0.4) is 0 Å². The van der Waals surface area contributed by atoms with Crippen molar-refractivity contribution < 1.29 is 19.7 Å². The molecule has 1 aromatic heterocycles. The number of nitrogens with zero attached hydrogens (tertiary/aromatic N) is 1. The summed E-state index contributed by atoms with van der Waals surface area (Å²) < 4.78 is 14.1. The smallest absolute Gasteiger partial charge is 0.119 e. The third-order valence-electron chi connectivity index (χ3n) is 5.71. The first-order valence-electron chi connectivity index (χ1n) is 10.7. The normalized spacial score (nSPS) is 22.0. The third kappa shape index (κ3) is 4.38. The number of rotatable bonds is 6. The molecule has 0 unspecified atom stereocenters. The van der Waals surface area contributed by atoms with Crippen LogP contribution >= 0.6 is 0 Å². The summed E-state index contributed by atoms with van der Waals surface area (Å²) >= 11 is 0. The lowest BCUT2D eigenvalue weighted by atomic mass is 9.95. The molecule has 0 radical (unpaired) electrons. The highest BCUT2D eigenvalue weighted by molar-refractivity contribution is 5.87. The van der Waals surface area contributed by atoms with Gasteiger partial charge in [0.2, 0.25) is 0 Å². The van der Waals surface area contributed by atoms with Crippen molar-refractivity contribution in [1.82, 2.24) is 4.57 Å². The Morgan fingerprint density at radius 1 is 1.13 bits per heavy atom. The van der Waals surface area contributed by atoms with Gasteiger partial charge in [0, 0.05) is 36.5 Å². The van der Waals surface area contributed by atoms with Crippen LogP contribution < -0.4 is 4.74 Å². The first kappa shape index (κ1) is 20.9. The summed E-state index contributed by atoms with van der Waals surface area (Å²) in [6.07, 6.45) is 2.32. The standard InChI is InChI=1S/C25H31NO4/c1-16(2)29-20-9-7-18(8-10-20)13-26-14-23(22-6-4-5-17(3)25(22)26)24-12-19(28)11-21(15-27)30-24/h4-10,14,16,19,21,24,27-28H,11-13,15H2,1-3H3/t19-,21-,24+/m0/s1. The summed E-state index contributed by atoms with van der Waals surface area (Å²) in [5.41, 5.74) is 4.65. The van der Waals surface area contributed by atoms with Gasteiger partial charge in [-0.1, -0.05) is 30.3 Å². The number of aliphatic hydroxyl groups excluding tert-OH is 2. The van der Waals surface area contributed by atoms with Crippen molar-refractivity contribution in [1.29, 1.82) is 0 Å². The predicted octanol–water partition coefficient (Wildman–Crippen LogP) is 4.36. The molecule has 30 heavy (non-hydrogen) atoms. The second-order valence-electron chi connectivity index (χ2n) is 8.55. The van der Waals surface area contributed by atoms with Gasteiger partial charge in [-0.25, -0.2) is 0 Å². The Morgan fingerprint density at radius 2 is 1.90 bits per heavy atom. The monoisotopic (exact) mass is 409 g/mol. The molecule has 5 nitrogen and oxygen atoms in total. The Kier molecular flexibility index (Phi) is 6.14. The van der Waals surface area contributed by atoms with E-state index in [1.807, 2.05) is 26.0 Å². The number of hydrogen-bond acceptors (Lipinski definition) is 4. The molecule has 3 aromatic rings. The SMILES string of the molecule is Cc1cccc2c([C@H]3C[C@@H](O)C[C@@H](CO)O3)cn(Cc3ccc(OC(C)C)cc3)c12. The lowest BCUT2D eigenvalue weighted by Crippen LogP contribution is -2.33. The maximum atomic E-state index is 10.3. The summed E-state index contributed by atoms with van der Waals surface area (Å²) in [6, 6.07) is 14.5. The van der Waals surface area contributed by atoms with Crippen LogP contribution in [0.1, 0.15) is 49.5 Å². The number of fused-ring (bicyclic) bond motifs is 1. The van der Waals surface area contributed by atoms with Crippen LogP contribution in [-0.4, -0.2) is 39.7 Å². The molecular formula is C25H31NO4. The zero-order chi connectivity index (χ0) is 21.3. The van der Waals surface area contributed by atoms with E-state index in [4.69, 9.17) is 9.47 Å². The van der Waals surface area contributed by atoms with E-state index in [-0.39, 0.29) is 24.9 Å². The highest BCUT2D eigenvalue weighted by Crippen LogP contribution is 2.37. The molecule has 1 saturated heterocycles. The van der Waals surface area contributed by atoms with Crippen molar-refractivity contribution in [3.63, 3.8) is 0 Å². The Morgan fingerprint density at radius 3 is 2.60 bits per heavy atom. The summed E-state index contributed by atoms with van der Waals surface area (Å²) in [6.45, 7) is 6.83. The molecule has 5 heteroatoms. The Labute approximate surface area is 177 Å². The van der Waals surface area contributed by atoms with E-state index in [1.165, 1.54) is 16.6 Å². The van der Waals surface area contributed by atoms with Crippen LogP contribution in [0.25, 0.3) is 10.9 Å². The molecule has 1 aliphatic rings. The molecule has 0 bridgehead atoms. The second kappa shape index (κ2) is 8.80. The van der Waals surface area contributed by atoms with Gasteiger partial charge in [-0.3, -0.25) is 0 Å². The van der Waals surface area contributed by atoms with Crippen LogP contribution in [0, 0.1) is 6.92 Å². The summed E-state index contributed by atoms with van der Waals surface area (Å²) in [4.78, 5) is 0. The number of hydrogen-bond donors (Lipinski definition) is 2. The molecule has 1 fully saturated rings. The summed E-state index contributed by atoms with van der Waals surface area (Å²) in [7, 11) is 0. The Hall–Kier alpha value is -2.34. The Balaban J connectivity index is 1.67. The fourth-order valence-corrected chi connectivity index (χ4v) is 4.41. The van der Waals surface area contributed by atoms with Crippen molar-refractivity contribution in [2.75, 3.05) is 6.61 Å². The molecule has 4 rings (SSSR count). The van der Waals surface area contributed by atoms with Gasteiger partial charge >= 0.3 is 0 Å². The number of para-hydroxylation sites is 1. The van der Waals surface area contributed by atoms with Crippen molar-refractivity contribution in [3.05, 3.63) is 65.4 Å². The topological polar surface area (TPSA) is 63.8 Å². The zero-order valence-electron chi connectivity index (χ0n) is 17.9. The van der Waals surface area contributed by atoms with Gasteiger partial charge in [0.05, 0.1) is 36.5 Å². The van der Waals surface area contributed by atoms with Gasteiger partial charge in [0.15, 0.2) is 0 Å². The summed E-state index contributed by atoms with van der Waals surface area (Å²) in [5, 5.41) is 21.0. The summed E-state index contributed by atoms with van der Waals surface area (Å²) in [5.74, 6) is 0.877. The van der Waals surface area contributed by atoms with E-state index in [9.17, 15) is 10.2 Å². The maximum absolute atomic E-state index is 10.3. The molecular weight excluding hydrogens is 378 g/mol. The van der Waals surface area contributed by atoms with Gasteiger partial charge < -0.3 is 24.3 Å². The molecule has 2 aromatic carbocycles. The highest BCUT2D eigenvalue weighted by atomic mass is 16.5. The molecule has 2 heterocycles. The lowest BCUT2D eigenvalue weighted by Gasteiger charge is -2.32. The molecule has 2 N–H and O–H groups in total. The van der Waals surface area contributed by atoms with Crippen LogP contribution in [0.15, 0.2) is 48.7 Å². The first-order valence-corrected chi connectivity index (χ1v) is 10.7. The number of aryl methyl sites for hydroxylation is 1. The minimum Gasteiger partial charge on any atom is -0.491 e. The first-order chi connectivity index (χ1) is 14.4. The van der Waals surface area contributed by atoms with Gasteiger partial charge in [-0.2, -0.15) is 0 Å². The van der Waals surface area contributed by atoms with E-state index < -0.39 is 6.10 Å².